The van der Waals surface area contributed by atoms with Crippen molar-refractivity contribution in [1.29, 1.82) is 0 Å². The Hall–Kier alpha value is -3.48. The third-order valence-electron chi connectivity index (χ3n) is 4.31. The monoisotopic (exact) mass is 378 g/mol. The molecule has 0 saturated heterocycles. The second kappa shape index (κ2) is 7.64. The molecule has 144 valence electrons. The van der Waals surface area contributed by atoms with Gasteiger partial charge in [-0.15, -0.1) is 0 Å². The fourth-order valence-corrected chi connectivity index (χ4v) is 2.65. The molecule has 0 radical (unpaired) electrons. The molecule has 1 atom stereocenters. The van der Waals surface area contributed by atoms with Gasteiger partial charge in [-0.2, -0.15) is 0 Å². The maximum absolute atomic E-state index is 12.6. The number of nitrogens with one attached hydrogen (secondary N) is 3. The van der Waals surface area contributed by atoms with E-state index in [1.54, 1.807) is 48.8 Å². The molecule has 0 aliphatic heterocycles. The van der Waals surface area contributed by atoms with Crippen molar-refractivity contribution in [2.45, 2.75) is 26.9 Å². The summed E-state index contributed by atoms with van der Waals surface area (Å²) in [6, 6.07) is 12.3. The Morgan fingerprint density at radius 2 is 1.64 bits per heavy atom. The molecule has 3 N–H and O–H groups in total. The number of aromatic nitrogens is 1. The zero-order valence-electron chi connectivity index (χ0n) is 15.9. The van der Waals surface area contributed by atoms with Crippen LogP contribution in [0.4, 0.5) is 17.1 Å². The number of hydrogen-bond donors (Lipinski definition) is 3. The number of benzene rings is 1. The highest BCUT2D eigenvalue weighted by atomic mass is 16.2. The van der Waals surface area contributed by atoms with Crippen molar-refractivity contribution in [3.05, 3.63) is 80.9 Å². The minimum Gasteiger partial charge on any atom is -0.360 e. The van der Waals surface area contributed by atoms with E-state index in [0.717, 1.165) is 0 Å². The van der Waals surface area contributed by atoms with Crippen LogP contribution in [-0.4, -0.2) is 17.1 Å². The molecule has 1 amide bonds. The van der Waals surface area contributed by atoms with Crippen molar-refractivity contribution in [3.8, 4) is 0 Å². The van der Waals surface area contributed by atoms with Gasteiger partial charge < -0.3 is 16.0 Å². The third kappa shape index (κ3) is 4.09. The number of pyridine rings is 1. The van der Waals surface area contributed by atoms with Gasteiger partial charge in [0.25, 0.3) is 16.8 Å². The molecule has 0 bridgehead atoms. The minimum atomic E-state index is -0.616. The normalized spacial score (nSPS) is 12.4. The lowest BCUT2D eigenvalue weighted by Crippen LogP contribution is -2.51. The lowest BCUT2D eigenvalue weighted by molar-refractivity contribution is 0.0913. The first-order valence-electron chi connectivity index (χ1n) is 8.90. The molecule has 1 unspecified atom stereocenters. The number of hydrogen-bond acceptors (Lipinski definition) is 6. The van der Waals surface area contributed by atoms with Crippen LogP contribution in [0.3, 0.4) is 0 Å². The lowest BCUT2D eigenvalue weighted by Gasteiger charge is -2.33. The van der Waals surface area contributed by atoms with E-state index in [1.165, 1.54) is 0 Å². The lowest BCUT2D eigenvalue weighted by atomic mass is 9.91. The van der Waals surface area contributed by atoms with Crippen LogP contribution in [0.25, 0.3) is 0 Å². The Labute approximate surface area is 162 Å². The molecule has 0 saturated carbocycles. The predicted molar refractivity (Wildman–Crippen MR) is 110 cm³/mol. The Morgan fingerprint density at radius 3 is 2.25 bits per heavy atom. The van der Waals surface area contributed by atoms with E-state index in [0.29, 0.717) is 11.3 Å². The highest BCUT2D eigenvalue weighted by molar-refractivity contribution is 5.94. The molecule has 28 heavy (non-hydrogen) atoms. The first-order chi connectivity index (χ1) is 13.3. The number of carbonyl (C=O) groups is 1. The van der Waals surface area contributed by atoms with Gasteiger partial charge in [0.1, 0.15) is 17.5 Å². The van der Waals surface area contributed by atoms with Crippen molar-refractivity contribution in [3.63, 3.8) is 0 Å². The Kier molecular flexibility index (Phi) is 5.26. The summed E-state index contributed by atoms with van der Waals surface area (Å²) in [5.41, 5.74) is -0.211. The average Bonchev–Trinajstić information content (AvgIpc) is 2.69. The van der Waals surface area contributed by atoms with Gasteiger partial charge in [-0.05, 0) is 24.3 Å². The molecule has 7 nitrogen and oxygen atoms in total. The SMILES string of the molecule is CC(C)(C)C(NC(=O)c1ccccc1)Nc1c(Nc2cccnc2)c(=O)c1=O. The largest absolute Gasteiger partial charge is 0.360 e. The van der Waals surface area contributed by atoms with Gasteiger partial charge in [-0.1, -0.05) is 39.0 Å². The van der Waals surface area contributed by atoms with Crippen LogP contribution in [0.5, 0.6) is 0 Å². The zero-order chi connectivity index (χ0) is 20.3. The molecular formula is C21H22N4O3. The van der Waals surface area contributed by atoms with Crippen LogP contribution in [-0.2, 0) is 0 Å². The number of rotatable bonds is 6. The van der Waals surface area contributed by atoms with Crippen LogP contribution in [0.15, 0.2) is 64.4 Å². The van der Waals surface area contributed by atoms with Crippen molar-refractivity contribution in [2.24, 2.45) is 5.41 Å². The molecule has 0 spiro atoms. The predicted octanol–water partition coefficient (Wildman–Crippen LogP) is 2.64. The number of carbonyl (C=O) groups excluding carboxylic acids is 1. The van der Waals surface area contributed by atoms with Gasteiger partial charge in [0.05, 0.1) is 11.9 Å². The van der Waals surface area contributed by atoms with E-state index < -0.39 is 22.4 Å². The summed E-state index contributed by atoms with van der Waals surface area (Å²) in [6.07, 6.45) is 2.60. The standard InChI is InChI=1S/C21H22N4O3/c1-21(2,3)20(25-19(28)13-8-5-4-6-9-13)24-16-15(17(26)18(16)27)23-14-10-7-11-22-12-14/h4-12,20,23-24H,1-3H3,(H,25,28). The first-order valence-corrected chi connectivity index (χ1v) is 8.90. The first kappa shape index (κ1) is 19.3. The number of anilines is 3. The van der Waals surface area contributed by atoms with E-state index in [-0.39, 0.29) is 17.3 Å². The van der Waals surface area contributed by atoms with Crippen LogP contribution in [0.1, 0.15) is 31.1 Å². The van der Waals surface area contributed by atoms with Crippen LogP contribution in [0.2, 0.25) is 0 Å². The quantitative estimate of drug-likeness (QED) is 0.450. The van der Waals surface area contributed by atoms with E-state index >= 15 is 0 Å². The summed E-state index contributed by atoms with van der Waals surface area (Å²) in [4.78, 5) is 40.7. The summed E-state index contributed by atoms with van der Waals surface area (Å²) >= 11 is 0. The molecule has 3 aromatic rings. The Balaban J connectivity index is 1.83. The minimum absolute atomic E-state index is 0.155. The van der Waals surface area contributed by atoms with Crippen molar-refractivity contribution < 1.29 is 4.79 Å². The summed E-state index contributed by atoms with van der Waals surface area (Å²) in [5.74, 6) is -0.270. The van der Waals surface area contributed by atoms with E-state index in [1.807, 2.05) is 26.8 Å². The van der Waals surface area contributed by atoms with Gasteiger partial charge in [0.2, 0.25) is 0 Å². The smallest absolute Gasteiger partial charge is 0.253 e. The highest BCUT2D eigenvalue weighted by Crippen LogP contribution is 2.25. The van der Waals surface area contributed by atoms with E-state index in [4.69, 9.17) is 0 Å². The third-order valence-corrected chi connectivity index (χ3v) is 4.31. The van der Waals surface area contributed by atoms with Gasteiger partial charge >= 0.3 is 0 Å². The summed E-state index contributed by atoms with van der Waals surface area (Å²) in [6.45, 7) is 5.78. The maximum Gasteiger partial charge on any atom is 0.253 e. The van der Waals surface area contributed by atoms with Crippen LogP contribution in [0, 0.1) is 5.41 Å². The molecular weight excluding hydrogens is 356 g/mol. The van der Waals surface area contributed by atoms with Crippen molar-refractivity contribution >= 4 is 23.0 Å². The second-order valence-electron chi connectivity index (χ2n) is 7.56. The van der Waals surface area contributed by atoms with Crippen molar-refractivity contribution in [2.75, 3.05) is 10.6 Å². The molecule has 1 heterocycles. The summed E-state index contributed by atoms with van der Waals surface area (Å²) in [5, 5.41) is 8.87. The van der Waals surface area contributed by atoms with E-state index in [2.05, 4.69) is 20.9 Å². The summed E-state index contributed by atoms with van der Waals surface area (Å²) in [7, 11) is 0. The highest BCUT2D eigenvalue weighted by Gasteiger charge is 2.31. The molecule has 1 aromatic heterocycles. The Morgan fingerprint density at radius 1 is 0.964 bits per heavy atom. The fourth-order valence-electron chi connectivity index (χ4n) is 2.65. The van der Waals surface area contributed by atoms with E-state index in [9.17, 15) is 14.4 Å². The topological polar surface area (TPSA) is 100 Å². The van der Waals surface area contributed by atoms with Crippen LogP contribution < -0.4 is 26.8 Å². The second-order valence-corrected chi connectivity index (χ2v) is 7.56. The number of amides is 1. The van der Waals surface area contributed by atoms with Crippen molar-refractivity contribution in [1.82, 2.24) is 10.3 Å². The van der Waals surface area contributed by atoms with Gasteiger partial charge in [-0.25, -0.2) is 0 Å². The summed E-state index contributed by atoms with van der Waals surface area (Å²) < 4.78 is 0. The van der Waals surface area contributed by atoms with Gasteiger partial charge in [-0.3, -0.25) is 19.4 Å². The maximum atomic E-state index is 12.6. The molecule has 0 fully saturated rings. The zero-order valence-corrected chi connectivity index (χ0v) is 15.9. The molecule has 3 rings (SSSR count). The van der Waals surface area contributed by atoms with Crippen LogP contribution >= 0.6 is 0 Å². The van der Waals surface area contributed by atoms with Gasteiger partial charge in [0.15, 0.2) is 0 Å². The number of nitrogens with zero attached hydrogens (tertiary/aromatic N) is 1. The fraction of sp³-hybridized carbons (Fsp3) is 0.238. The molecule has 0 aliphatic carbocycles. The molecule has 0 aliphatic rings. The molecule has 2 aromatic carbocycles. The Bertz CT molecular complexity index is 1030. The molecule has 7 heteroatoms. The average molecular weight is 378 g/mol. The van der Waals surface area contributed by atoms with Gasteiger partial charge in [0, 0.05) is 17.2 Å².